The Morgan fingerprint density at radius 2 is 1.88 bits per heavy atom. The van der Waals surface area contributed by atoms with Gasteiger partial charge in [0.05, 0.1) is 22.3 Å². The number of ketones is 1. The van der Waals surface area contributed by atoms with Gasteiger partial charge in [-0.05, 0) is 48.7 Å². The molecule has 1 aliphatic rings. The van der Waals surface area contributed by atoms with E-state index in [1.54, 1.807) is 36.5 Å². The number of amides is 1. The molecule has 4 aromatic rings. The monoisotopic (exact) mass is 438 g/mol. The minimum Gasteiger partial charge on any atom is -0.507 e. The van der Waals surface area contributed by atoms with Gasteiger partial charge in [-0.3, -0.25) is 19.5 Å². The Bertz CT molecular complexity index is 1400. The lowest BCUT2D eigenvalue weighted by Crippen LogP contribution is -2.30. The fraction of sp³-hybridized carbons (Fsp3) is 0.154. The number of hydrogen-bond donors (Lipinski definition) is 2. The zero-order valence-electron chi connectivity index (χ0n) is 18.2. The zero-order valence-corrected chi connectivity index (χ0v) is 18.2. The van der Waals surface area contributed by atoms with Crippen LogP contribution in [0.5, 0.6) is 0 Å². The maximum Gasteiger partial charge on any atom is 0.302 e. The molecule has 0 bridgehead atoms. The van der Waals surface area contributed by atoms with Crippen LogP contribution in [-0.2, 0) is 16.0 Å². The molecule has 1 unspecified atom stereocenters. The topological polar surface area (TPSA) is 99.2 Å². The predicted octanol–water partition coefficient (Wildman–Crippen LogP) is 4.46. The van der Waals surface area contributed by atoms with Crippen molar-refractivity contribution in [3.05, 3.63) is 94.8 Å². The van der Waals surface area contributed by atoms with Crippen molar-refractivity contribution < 1.29 is 14.7 Å². The Balaban J connectivity index is 1.70. The number of anilines is 1. The summed E-state index contributed by atoms with van der Waals surface area (Å²) in [7, 11) is 0. The number of pyridine rings is 1. The Morgan fingerprint density at radius 3 is 2.58 bits per heavy atom. The first-order valence-electron chi connectivity index (χ1n) is 10.8. The molecule has 1 atom stereocenters. The van der Waals surface area contributed by atoms with Crippen LogP contribution in [0.15, 0.2) is 72.4 Å². The third kappa shape index (κ3) is 3.47. The molecule has 33 heavy (non-hydrogen) atoms. The van der Waals surface area contributed by atoms with E-state index in [2.05, 4.69) is 15.0 Å². The number of hydrogen-bond acceptors (Lipinski definition) is 5. The molecule has 0 aliphatic carbocycles. The molecular formula is C26H22N4O3. The van der Waals surface area contributed by atoms with Crippen LogP contribution in [0.4, 0.5) is 5.95 Å². The number of carbonyl (C=O) groups is 2. The van der Waals surface area contributed by atoms with Crippen molar-refractivity contribution in [2.75, 3.05) is 4.90 Å². The number of aliphatic hydroxyl groups is 1. The lowest BCUT2D eigenvalue weighted by atomic mass is 9.97. The van der Waals surface area contributed by atoms with Gasteiger partial charge in [0.1, 0.15) is 11.8 Å². The summed E-state index contributed by atoms with van der Waals surface area (Å²) in [4.78, 5) is 39.8. The van der Waals surface area contributed by atoms with Gasteiger partial charge in [0.25, 0.3) is 5.78 Å². The highest BCUT2D eigenvalue weighted by Gasteiger charge is 2.48. The van der Waals surface area contributed by atoms with Crippen LogP contribution >= 0.6 is 0 Å². The molecule has 7 heteroatoms. The van der Waals surface area contributed by atoms with E-state index in [0.717, 1.165) is 23.1 Å². The van der Waals surface area contributed by atoms with Gasteiger partial charge >= 0.3 is 5.91 Å². The molecule has 0 radical (unpaired) electrons. The molecule has 0 spiro atoms. The Labute approximate surface area is 190 Å². The number of carbonyl (C=O) groups excluding carboxylic acids is 2. The largest absolute Gasteiger partial charge is 0.507 e. The Hall–Kier alpha value is -4.26. The van der Waals surface area contributed by atoms with Crippen LogP contribution in [0.2, 0.25) is 0 Å². The van der Waals surface area contributed by atoms with Crippen molar-refractivity contribution in [1.29, 1.82) is 0 Å². The van der Waals surface area contributed by atoms with Crippen LogP contribution in [0.1, 0.15) is 35.3 Å². The van der Waals surface area contributed by atoms with Gasteiger partial charge in [0.15, 0.2) is 0 Å². The van der Waals surface area contributed by atoms with Crippen molar-refractivity contribution >= 4 is 34.4 Å². The number of aromatic nitrogens is 3. The summed E-state index contributed by atoms with van der Waals surface area (Å²) in [5.41, 5.74) is 4.47. The van der Waals surface area contributed by atoms with E-state index < -0.39 is 17.7 Å². The molecule has 1 fully saturated rings. The van der Waals surface area contributed by atoms with E-state index in [1.165, 1.54) is 4.90 Å². The molecule has 2 aromatic carbocycles. The van der Waals surface area contributed by atoms with Crippen LogP contribution in [-0.4, -0.2) is 31.7 Å². The highest BCUT2D eigenvalue weighted by molar-refractivity contribution is 6.51. The summed E-state index contributed by atoms with van der Waals surface area (Å²) in [5, 5.41) is 11.2. The highest BCUT2D eigenvalue weighted by atomic mass is 16.3. The van der Waals surface area contributed by atoms with Gasteiger partial charge in [-0.2, -0.15) is 0 Å². The highest BCUT2D eigenvalue weighted by Crippen LogP contribution is 2.41. The number of nitrogens with zero attached hydrogens (tertiary/aromatic N) is 3. The molecule has 164 valence electrons. The number of aryl methyl sites for hydroxylation is 2. The van der Waals surface area contributed by atoms with Gasteiger partial charge in [-0.15, -0.1) is 0 Å². The van der Waals surface area contributed by atoms with Crippen LogP contribution in [0, 0.1) is 6.92 Å². The van der Waals surface area contributed by atoms with Crippen molar-refractivity contribution in [2.45, 2.75) is 26.3 Å². The first kappa shape index (κ1) is 20.6. The van der Waals surface area contributed by atoms with Crippen molar-refractivity contribution in [3.8, 4) is 0 Å². The second kappa shape index (κ2) is 8.02. The lowest BCUT2D eigenvalue weighted by Gasteiger charge is -2.22. The number of aliphatic hydroxyl groups excluding tert-OH is 1. The standard InChI is InChI=1S/C26H22N4O3/c1-3-16-8-10-17(11-9-16)23(31)21-22(19-6-4-5-13-27-19)30(25(33)24(21)32)26-28-18-12-7-15(2)14-20(18)29-26/h4-14,22,31H,3H2,1-2H3,(H,28,29)/b23-21+. The fourth-order valence-electron chi connectivity index (χ4n) is 4.15. The van der Waals surface area contributed by atoms with E-state index >= 15 is 0 Å². The van der Waals surface area contributed by atoms with Gasteiger partial charge in [-0.1, -0.05) is 43.3 Å². The molecule has 2 N–H and O–H groups in total. The second-order valence-electron chi connectivity index (χ2n) is 8.06. The maximum absolute atomic E-state index is 13.2. The average molecular weight is 438 g/mol. The molecule has 1 amide bonds. The summed E-state index contributed by atoms with van der Waals surface area (Å²) >= 11 is 0. The summed E-state index contributed by atoms with van der Waals surface area (Å²) in [6.45, 7) is 4.00. The first-order valence-corrected chi connectivity index (χ1v) is 10.8. The number of H-pyrrole nitrogens is 1. The molecule has 2 aromatic heterocycles. The number of imidazole rings is 1. The summed E-state index contributed by atoms with van der Waals surface area (Å²) in [5.74, 6) is -1.55. The van der Waals surface area contributed by atoms with Gasteiger partial charge < -0.3 is 10.1 Å². The third-order valence-electron chi connectivity index (χ3n) is 5.90. The number of benzene rings is 2. The smallest absolute Gasteiger partial charge is 0.302 e. The van der Waals surface area contributed by atoms with E-state index in [1.807, 2.05) is 44.2 Å². The molecule has 7 nitrogen and oxygen atoms in total. The minimum absolute atomic E-state index is 0.0143. The lowest BCUT2D eigenvalue weighted by molar-refractivity contribution is -0.132. The number of nitrogens with one attached hydrogen (secondary N) is 1. The molecule has 5 rings (SSSR count). The number of rotatable bonds is 4. The van der Waals surface area contributed by atoms with E-state index in [4.69, 9.17) is 0 Å². The first-order chi connectivity index (χ1) is 16.0. The van der Waals surface area contributed by atoms with Gasteiger partial charge in [0, 0.05) is 11.8 Å². The number of fused-ring (bicyclic) bond motifs is 1. The van der Waals surface area contributed by atoms with Crippen LogP contribution in [0.25, 0.3) is 16.8 Å². The summed E-state index contributed by atoms with van der Waals surface area (Å²) in [6.07, 6.45) is 2.44. The fourth-order valence-corrected chi connectivity index (χ4v) is 4.15. The van der Waals surface area contributed by atoms with E-state index in [-0.39, 0.29) is 17.3 Å². The Morgan fingerprint density at radius 1 is 1.09 bits per heavy atom. The van der Waals surface area contributed by atoms with Gasteiger partial charge in [-0.25, -0.2) is 4.98 Å². The maximum atomic E-state index is 13.2. The number of Topliss-reactive ketones (excluding diaryl/α,β-unsaturated/α-hetero) is 1. The zero-order chi connectivity index (χ0) is 23.1. The third-order valence-corrected chi connectivity index (χ3v) is 5.90. The van der Waals surface area contributed by atoms with Crippen molar-refractivity contribution in [1.82, 2.24) is 15.0 Å². The molecule has 3 heterocycles. The molecule has 1 aliphatic heterocycles. The van der Waals surface area contributed by atoms with Crippen molar-refractivity contribution in [2.24, 2.45) is 0 Å². The minimum atomic E-state index is -0.918. The summed E-state index contributed by atoms with van der Waals surface area (Å²) < 4.78 is 0. The predicted molar refractivity (Wildman–Crippen MR) is 126 cm³/mol. The molecule has 0 saturated carbocycles. The summed E-state index contributed by atoms with van der Waals surface area (Å²) in [6, 6.07) is 17.3. The Kier molecular flexibility index (Phi) is 5.01. The normalized spacial score (nSPS) is 17.8. The van der Waals surface area contributed by atoms with Crippen molar-refractivity contribution in [3.63, 3.8) is 0 Å². The quantitative estimate of drug-likeness (QED) is 0.279. The van der Waals surface area contributed by atoms with E-state index in [9.17, 15) is 14.7 Å². The molecule has 1 saturated heterocycles. The van der Waals surface area contributed by atoms with Crippen LogP contribution in [0.3, 0.4) is 0 Å². The molecular weight excluding hydrogens is 416 g/mol. The SMILES string of the molecule is CCc1ccc(/C(O)=C2\C(=O)C(=O)N(c3nc4ccc(C)cc4[nH]3)C2c2ccccn2)cc1. The van der Waals surface area contributed by atoms with Gasteiger partial charge in [0.2, 0.25) is 5.95 Å². The average Bonchev–Trinajstić information content (AvgIpc) is 3.37. The van der Waals surface area contributed by atoms with Crippen LogP contribution < -0.4 is 4.90 Å². The second-order valence-corrected chi connectivity index (χ2v) is 8.06. The number of aromatic amines is 1. The van der Waals surface area contributed by atoms with E-state index in [0.29, 0.717) is 16.8 Å².